The van der Waals surface area contributed by atoms with Crippen molar-refractivity contribution in [3.8, 4) is 11.5 Å². The number of nitrogens with one attached hydrogen (secondary N) is 2. The number of hydrogen-bond donors (Lipinski definition) is 4. The van der Waals surface area contributed by atoms with Gasteiger partial charge in [0.1, 0.15) is 11.5 Å². The van der Waals surface area contributed by atoms with Crippen LogP contribution in [0.1, 0.15) is 22.8 Å². The Kier molecular flexibility index (Phi) is 5.97. The Balaban J connectivity index is 1.92. The maximum absolute atomic E-state index is 11.9. The lowest BCUT2D eigenvalue weighted by atomic mass is 10.1. The lowest BCUT2D eigenvalue weighted by Gasteiger charge is -2.07. The van der Waals surface area contributed by atoms with Gasteiger partial charge < -0.3 is 15.5 Å². The van der Waals surface area contributed by atoms with Crippen LogP contribution in [0.25, 0.3) is 0 Å². The third kappa shape index (κ3) is 4.95. The third-order valence-corrected chi connectivity index (χ3v) is 3.58. The minimum absolute atomic E-state index is 0.0830. The van der Waals surface area contributed by atoms with Crippen LogP contribution in [0.15, 0.2) is 47.6 Å². The molecule has 2 aromatic carbocycles. The van der Waals surface area contributed by atoms with Crippen molar-refractivity contribution in [3.05, 3.63) is 58.6 Å². The number of halogens is 1. The van der Waals surface area contributed by atoms with E-state index in [2.05, 4.69) is 15.8 Å². The van der Waals surface area contributed by atoms with E-state index in [0.717, 1.165) is 0 Å². The summed E-state index contributed by atoms with van der Waals surface area (Å²) in [4.78, 5) is 23.7. The molecule has 0 fully saturated rings. The first-order valence-corrected chi connectivity index (χ1v) is 7.64. The first-order valence-electron chi connectivity index (χ1n) is 7.26. The van der Waals surface area contributed by atoms with Crippen LogP contribution >= 0.6 is 11.6 Å². The fourth-order valence-corrected chi connectivity index (χ4v) is 2.19. The third-order valence-electron chi connectivity index (χ3n) is 3.25. The highest BCUT2D eigenvalue weighted by Crippen LogP contribution is 2.22. The average Bonchev–Trinajstić information content (AvgIpc) is 2.58. The Labute approximate surface area is 148 Å². The molecule has 130 valence electrons. The fourth-order valence-electron chi connectivity index (χ4n) is 1.97. The number of phenols is 2. The Hall–Kier alpha value is -3.06. The molecule has 2 rings (SSSR count). The number of hydrazone groups is 1. The number of amides is 2. The van der Waals surface area contributed by atoms with Gasteiger partial charge in [-0.2, -0.15) is 5.10 Å². The average molecular weight is 362 g/mol. The number of rotatable bonds is 5. The Morgan fingerprint density at radius 3 is 2.52 bits per heavy atom. The van der Waals surface area contributed by atoms with Crippen molar-refractivity contribution in [1.29, 1.82) is 0 Å². The molecule has 2 amide bonds. The minimum atomic E-state index is -0.543. The maximum Gasteiger partial charge on any atom is 0.259 e. The summed E-state index contributed by atoms with van der Waals surface area (Å²) < 4.78 is 0. The number of aromatic hydroxyl groups is 2. The van der Waals surface area contributed by atoms with Crippen molar-refractivity contribution in [2.24, 2.45) is 5.10 Å². The maximum atomic E-state index is 11.9. The van der Waals surface area contributed by atoms with Crippen molar-refractivity contribution in [2.45, 2.75) is 6.92 Å². The molecule has 0 spiro atoms. The van der Waals surface area contributed by atoms with Gasteiger partial charge in [-0.3, -0.25) is 9.59 Å². The van der Waals surface area contributed by atoms with Crippen molar-refractivity contribution in [2.75, 3.05) is 6.54 Å². The van der Waals surface area contributed by atoms with Gasteiger partial charge in [0, 0.05) is 11.6 Å². The monoisotopic (exact) mass is 361 g/mol. The zero-order valence-electron chi connectivity index (χ0n) is 13.3. The van der Waals surface area contributed by atoms with Gasteiger partial charge in [-0.15, -0.1) is 0 Å². The highest BCUT2D eigenvalue weighted by molar-refractivity contribution is 6.33. The molecular weight excluding hydrogens is 346 g/mol. The molecule has 7 nitrogen and oxygen atoms in total. The largest absolute Gasteiger partial charge is 0.508 e. The molecule has 2 aromatic rings. The highest BCUT2D eigenvalue weighted by atomic mass is 35.5. The molecule has 0 saturated heterocycles. The van der Waals surface area contributed by atoms with Gasteiger partial charge in [0.2, 0.25) is 0 Å². The van der Waals surface area contributed by atoms with Crippen LogP contribution < -0.4 is 10.7 Å². The molecule has 0 heterocycles. The summed E-state index contributed by atoms with van der Waals surface area (Å²) in [5.74, 6) is -1.27. The summed E-state index contributed by atoms with van der Waals surface area (Å²) in [5.41, 5.74) is 3.24. The quantitative estimate of drug-likeness (QED) is 0.482. The smallest absolute Gasteiger partial charge is 0.259 e. The second-order valence-electron chi connectivity index (χ2n) is 5.10. The molecule has 8 heteroatoms. The zero-order chi connectivity index (χ0) is 18.4. The summed E-state index contributed by atoms with van der Waals surface area (Å²) in [5, 5.41) is 25.6. The van der Waals surface area contributed by atoms with E-state index in [-0.39, 0.29) is 28.6 Å². The Morgan fingerprint density at radius 2 is 1.84 bits per heavy atom. The van der Waals surface area contributed by atoms with Crippen LogP contribution in [0.3, 0.4) is 0 Å². The number of carbonyl (C=O) groups excluding carboxylic acids is 2. The predicted octanol–water partition coefficient (Wildman–Crippen LogP) is 2.02. The van der Waals surface area contributed by atoms with Crippen LogP contribution in [0.4, 0.5) is 0 Å². The number of phenolic OH excluding ortho intramolecular Hbond substituents is 2. The van der Waals surface area contributed by atoms with E-state index in [1.165, 1.54) is 18.2 Å². The molecule has 0 bridgehead atoms. The molecule has 4 N–H and O–H groups in total. The van der Waals surface area contributed by atoms with Crippen LogP contribution in [0.5, 0.6) is 11.5 Å². The summed E-state index contributed by atoms with van der Waals surface area (Å²) in [7, 11) is 0. The van der Waals surface area contributed by atoms with Gasteiger partial charge in [0.05, 0.1) is 22.8 Å². The van der Waals surface area contributed by atoms with E-state index in [4.69, 9.17) is 11.6 Å². The predicted molar refractivity (Wildman–Crippen MR) is 93.9 cm³/mol. The first kappa shape index (κ1) is 18.3. The molecule has 0 saturated carbocycles. The van der Waals surface area contributed by atoms with Crippen LogP contribution in [0.2, 0.25) is 5.02 Å². The molecular formula is C17H16ClN3O4. The number of benzene rings is 2. The second kappa shape index (κ2) is 8.16. The Bertz CT molecular complexity index is 836. The van der Waals surface area contributed by atoms with E-state index in [1.807, 2.05) is 0 Å². The van der Waals surface area contributed by atoms with Gasteiger partial charge in [-0.1, -0.05) is 23.7 Å². The van der Waals surface area contributed by atoms with Gasteiger partial charge in [0.25, 0.3) is 11.8 Å². The first-order chi connectivity index (χ1) is 11.9. The highest BCUT2D eigenvalue weighted by Gasteiger charge is 2.11. The SMILES string of the molecule is C/C(=N\NC(=O)CNC(=O)c1ccccc1Cl)c1ccc(O)cc1O. The minimum Gasteiger partial charge on any atom is -0.508 e. The van der Waals surface area contributed by atoms with Crippen molar-refractivity contribution in [1.82, 2.24) is 10.7 Å². The van der Waals surface area contributed by atoms with Gasteiger partial charge >= 0.3 is 0 Å². The van der Waals surface area contributed by atoms with Gasteiger partial charge in [-0.25, -0.2) is 5.43 Å². The molecule has 0 atom stereocenters. The second-order valence-corrected chi connectivity index (χ2v) is 5.50. The molecule has 0 aliphatic carbocycles. The topological polar surface area (TPSA) is 111 Å². The van der Waals surface area contributed by atoms with E-state index in [1.54, 1.807) is 31.2 Å². The molecule has 0 aliphatic rings. The van der Waals surface area contributed by atoms with Crippen LogP contribution in [-0.4, -0.2) is 34.3 Å². The standard InChI is InChI=1S/C17H16ClN3O4/c1-10(12-7-6-11(22)8-15(12)23)20-21-16(24)9-19-17(25)13-4-2-3-5-14(13)18/h2-8,22-23H,9H2,1H3,(H,19,25)(H,21,24)/b20-10+. The number of nitrogens with zero attached hydrogens (tertiary/aromatic N) is 1. The Morgan fingerprint density at radius 1 is 1.12 bits per heavy atom. The van der Waals surface area contributed by atoms with Crippen molar-refractivity contribution in [3.63, 3.8) is 0 Å². The molecule has 25 heavy (non-hydrogen) atoms. The summed E-state index contributed by atoms with van der Waals surface area (Å²) >= 11 is 5.91. The van der Waals surface area contributed by atoms with Crippen LogP contribution in [0, 0.1) is 0 Å². The van der Waals surface area contributed by atoms with Gasteiger partial charge in [0.15, 0.2) is 0 Å². The van der Waals surface area contributed by atoms with Crippen molar-refractivity contribution < 1.29 is 19.8 Å². The molecule has 0 aromatic heterocycles. The molecule has 0 unspecified atom stereocenters. The lowest BCUT2D eigenvalue weighted by Crippen LogP contribution is -2.35. The fraction of sp³-hybridized carbons (Fsp3) is 0.118. The zero-order valence-corrected chi connectivity index (χ0v) is 14.0. The van der Waals surface area contributed by atoms with Crippen LogP contribution in [-0.2, 0) is 4.79 Å². The van der Waals surface area contributed by atoms with Gasteiger partial charge in [-0.05, 0) is 31.2 Å². The van der Waals surface area contributed by atoms with E-state index < -0.39 is 11.8 Å². The van der Waals surface area contributed by atoms with E-state index in [0.29, 0.717) is 11.3 Å². The number of carbonyl (C=O) groups is 2. The summed E-state index contributed by atoms with van der Waals surface area (Å²) in [6, 6.07) is 10.5. The van der Waals surface area contributed by atoms with E-state index in [9.17, 15) is 19.8 Å². The lowest BCUT2D eigenvalue weighted by molar-refractivity contribution is -0.120. The van der Waals surface area contributed by atoms with Crippen molar-refractivity contribution >= 4 is 29.1 Å². The summed E-state index contributed by atoms with van der Waals surface area (Å²) in [6.07, 6.45) is 0. The normalized spacial score (nSPS) is 11.0. The van der Waals surface area contributed by atoms with E-state index >= 15 is 0 Å². The number of hydrogen-bond acceptors (Lipinski definition) is 5. The molecule has 0 radical (unpaired) electrons. The summed E-state index contributed by atoms with van der Waals surface area (Å²) in [6.45, 7) is 1.29. The molecule has 0 aliphatic heterocycles.